The molecule has 1 N–H and O–H groups in total. The van der Waals surface area contributed by atoms with Crippen molar-refractivity contribution in [3.8, 4) is 11.3 Å². The number of aromatic nitrogens is 1. The second kappa shape index (κ2) is 6.86. The number of carbonyl (C=O) groups excluding carboxylic acids is 1. The van der Waals surface area contributed by atoms with Crippen LogP contribution in [0.2, 0.25) is 0 Å². The summed E-state index contributed by atoms with van der Waals surface area (Å²) in [5.74, 6) is -2.15. The van der Waals surface area contributed by atoms with Crippen molar-refractivity contribution in [1.29, 1.82) is 0 Å². The summed E-state index contributed by atoms with van der Waals surface area (Å²) in [5, 5.41) is 2.65. The molecule has 0 aliphatic rings. The number of anilines is 1. The summed E-state index contributed by atoms with van der Waals surface area (Å²) in [7, 11) is 0. The van der Waals surface area contributed by atoms with Gasteiger partial charge in [-0.3, -0.25) is 4.79 Å². The van der Waals surface area contributed by atoms with Crippen LogP contribution in [0, 0.1) is 19.7 Å². The quantitative estimate of drug-likeness (QED) is 0.624. The number of amides is 1. The molecule has 0 fully saturated rings. The second-order valence-electron chi connectivity index (χ2n) is 5.92. The maximum Gasteiger partial charge on any atom is 0.468 e. The fourth-order valence-electron chi connectivity index (χ4n) is 2.57. The fraction of sp³-hybridized carbons (Fsp3) is 0.158. The number of hydrogen-bond donors (Lipinski definition) is 1. The molecule has 8 heteroatoms. The molecule has 0 aliphatic heterocycles. The van der Waals surface area contributed by atoms with Gasteiger partial charge in [0.25, 0.3) is 5.91 Å². The van der Waals surface area contributed by atoms with Crippen molar-refractivity contribution >= 4 is 11.6 Å². The van der Waals surface area contributed by atoms with E-state index in [1.807, 2.05) is 0 Å². The summed E-state index contributed by atoms with van der Waals surface area (Å²) in [6, 6.07) is 9.91. The minimum atomic E-state index is -4.66. The molecule has 3 aromatic rings. The van der Waals surface area contributed by atoms with Gasteiger partial charge in [0.2, 0.25) is 0 Å². The zero-order chi connectivity index (χ0) is 19.8. The van der Waals surface area contributed by atoms with Crippen molar-refractivity contribution in [3.63, 3.8) is 0 Å². The van der Waals surface area contributed by atoms with E-state index in [0.717, 1.165) is 0 Å². The van der Waals surface area contributed by atoms with Crippen LogP contribution >= 0.6 is 0 Å². The first-order valence-corrected chi connectivity index (χ1v) is 7.87. The van der Waals surface area contributed by atoms with Gasteiger partial charge in [0, 0.05) is 16.8 Å². The number of oxazole rings is 1. The molecule has 3 rings (SSSR count). The summed E-state index contributed by atoms with van der Waals surface area (Å²) < 4.78 is 56.0. The summed E-state index contributed by atoms with van der Waals surface area (Å²) in [4.78, 5) is 15.7. The minimum absolute atomic E-state index is 0.00887. The van der Waals surface area contributed by atoms with Crippen molar-refractivity contribution in [2.45, 2.75) is 20.0 Å². The molecular weight excluding hydrogens is 364 g/mol. The van der Waals surface area contributed by atoms with E-state index >= 15 is 0 Å². The SMILES string of the molecule is Cc1cc(F)ccc1C(=O)Nc1ccc(-c2oc(C(F)(F)F)nc2C)cc1. The first-order chi connectivity index (χ1) is 12.6. The average Bonchev–Trinajstić information content (AvgIpc) is 2.97. The maximum atomic E-state index is 13.1. The van der Waals surface area contributed by atoms with Gasteiger partial charge >= 0.3 is 12.1 Å². The molecule has 0 spiro atoms. The predicted molar refractivity (Wildman–Crippen MR) is 90.8 cm³/mol. The van der Waals surface area contributed by atoms with Crippen LogP contribution in [0.4, 0.5) is 23.2 Å². The monoisotopic (exact) mass is 378 g/mol. The lowest BCUT2D eigenvalue weighted by molar-refractivity contribution is -0.156. The molecule has 0 bridgehead atoms. The van der Waals surface area contributed by atoms with Gasteiger partial charge in [-0.15, -0.1) is 0 Å². The van der Waals surface area contributed by atoms with Gasteiger partial charge in [0.15, 0.2) is 5.76 Å². The van der Waals surface area contributed by atoms with Crippen LogP contribution in [0.1, 0.15) is 27.5 Å². The summed E-state index contributed by atoms with van der Waals surface area (Å²) in [6.45, 7) is 3.03. The van der Waals surface area contributed by atoms with Gasteiger partial charge in [0.05, 0.1) is 5.69 Å². The largest absolute Gasteiger partial charge is 0.468 e. The number of benzene rings is 2. The number of rotatable bonds is 3. The van der Waals surface area contributed by atoms with E-state index in [0.29, 0.717) is 22.4 Å². The van der Waals surface area contributed by atoms with E-state index in [2.05, 4.69) is 10.3 Å². The van der Waals surface area contributed by atoms with Crippen LogP contribution in [-0.2, 0) is 6.18 Å². The Morgan fingerprint density at radius 1 is 1.07 bits per heavy atom. The fourth-order valence-corrected chi connectivity index (χ4v) is 2.57. The molecule has 0 aliphatic carbocycles. The Morgan fingerprint density at radius 2 is 1.74 bits per heavy atom. The zero-order valence-electron chi connectivity index (χ0n) is 14.3. The standard InChI is InChI=1S/C19H14F4N2O2/c1-10-9-13(20)5-8-15(10)17(26)25-14-6-3-12(4-7-14)16-11(2)24-18(27-16)19(21,22)23/h3-9H,1-2H3,(H,25,26). The first kappa shape index (κ1) is 18.6. The molecule has 0 radical (unpaired) electrons. The highest BCUT2D eigenvalue weighted by Crippen LogP contribution is 2.34. The van der Waals surface area contributed by atoms with E-state index in [1.54, 1.807) is 6.92 Å². The molecule has 4 nitrogen and oxygen atoms in total. The molecule has 2 aromatic carbocycles. The average molecular weight is 378 g/mol. The first-order valence-electron chi connectivity index (χ1n) is 7.87. The zero-order valence-corrected chi connectivity index (χ0v) is 14.3. The number of carbonyl (C=O) groups is 1. The van der Waals surface area contributed by atoms with Gasteiger partial charge in [-0.1, -0.05) is 0 Å². The van der Waals surface area contributed by atoms with Crippen LogP contribution in [0.3, 0.4) is 0 Å². The van der Waals surface area contributed by atoms with Crippen LogP contribution < -0.4 is 5.32 Å². The molecule has 0 saturated heterocycles. The van der Waals surface area contributed by atoms with Gasteiger partial charge in [0.1, 0.15) is 5.82 Å². The Bertz CT molecular complexity index is 992. The van der Waals surface area contributed by atoms with E-state index in [-0.39, 0.29) is 11.5 Å². The summed E-state index contributed by atoms with van der Waals surface area (Å²) in [6.07, 6.45) is -4.66. The van der Waals surface area contributed by atoms with Crippen LogP contribution in [-0.4, -0.2) is 10.9 Å². The summed E-state index contributed by atoms with van der Waals surface area (Å²) in [5.41, 5.74) is 1.75. The molecular formula is C19H14F4N2O2. The van der Waals surface area contributed by atoms with Crippen molar-refractivity contribution in [2.75, 3.05) is 5.32 Å². The Kier molecular flexibility index (Phi) is 4.73. The Labute approximate surface area is 151 Å². The van der Waals surface area contributed by atoms with E-state index < -0.39 is 23.8 Å². The van der Waals surface area contributed by atoms with Gasteiger partial charge in [-0.2, -0.15) is 13.2 Å². The molecule has 27 heavy (non-hydrogen) atoms. The number of nitrogens with one attached hydrogen (secondary N) is 1. The van der Waals surface area contributed by atoms with Crippen molar-refractivity contribution in [1.82, 2.24) is 4.98 Å². The second-order valence-corrected chi connectivity index (χ2v) is 5.92. The predicted octanol–water partition coefficient (Wildman–Crippen LogP) is 5.37. The van der Waals surface area contributed by atoms with Crippen LogP contribution in [0.15, 0.2) is 46.9 Å². The van der Waals surface area contributed by atoms with Gasteiger partial charge in [-0.25, -0.2) is 9.37 Å². The lowest BCUT2D eigenvalue weighted by atomic mass is 10.1. The van der Waals surface area contributed by atoms with Crippen molar-refractivity contribution in [2.24, 2.45) is 0 Å². The third-order valence-corrected chi connectivity index (χ3v) is 3.88. The highest BCUT2D eigenvalue weighted by atomic mass is 19.4. The Balaban J connectivity index is 1.80. The maximum absolute atomic E-state index is 13.1. The molecule has 1 amide bonds. The Morgan fingerprint density at radius 3 is 2.30 bits per heavy atom. The summed E-state index contributed by atoms with van der Waals surface area (Å²) >= 11 is 0. The highest BCUT2D eigenvalue weighted by molar-refractivity contribution is 6.05. The minimum Gasteiger partial charge on any atom is -0.433 e. The number of hydrogen-bond acceptors (Lipinski definition) is 3. The molecule has 140 valence electrons. The third-order valence-electron chi connectivity index (χ3n) is 3.88. The molecule has 0 saturated carbocycles. The van der Waals surface area contributed by atoms with Gasteiger partial charge < -0.3 is 9.73 Å². The topological polar surface area (TPSA) is 55.1 Å². The molecule has 0 unspecified atom stereocenters. The van der Waals surface area contributed by atoms with Crippen LogP contribution in [0.25, 0.3) is 11.3 Å². The third kappa shape index (κ3) is 3.99. The van der Waals surface area contributed by atoms with Crippen molar-refractivity contribution < 1.29 is 26.8 Å². The lowest BCUT2D eigenvalue weighted by Crippen LogP contribution is -2.13. The number of aryl methyl sites for hydroxylation is 2. The van der Waals surface area contributed by atoms with E-state index in [9.17, 15) is 22.4 Å². The Hall–Kier alpha value is -3.16. The van der Waals surface area contributed by atoms with Crippen LogP contribution in [0.5, 0.6) is 0 Å². The molecule has 1 aromatic heterocycles. The van der Waals surface area contributed by atoms with Crippen molar-refractivity contribution in [3.05, 3.63) is 71.0 Å². The smallest absolute Gasteiger partial charge is 0.433 e. The lowest BCUT2D eigenvalue weighted by Gasteiger charge is -2.08. The number of alkyl halides is 3. The van der Waals surface area contributed by atoms with E-state index in [1.165, 1.54) is 49.4 Å². The number of halogens is 4. The van der Waals surface area contributed by atoms with Gasteiger partial charge in [-0.05, 0) is 61.9 Å². The molecule has 1 heterocycles. The highest BCUT2D eigenvalue weighted by Gasteiger charge is 2.38. The molecule has 0 atom stereocenters. The normalized spacial score (nSPS) is 11.5. The van der Waals surface area contributed by atoms with E-state index in [4.69, 9.17) is 4.42 Å². The number of nitrogens with zero attached hydrogens (tertiary/aromatic N) is 1.